The van der Waals surface area contributed by atoms with Crippen molar-refractivity contribution in [1.82, 2.24) is 5.32 Å². The van der Waals surface area contributed by atoms with Crippen molar-refractivity contribution in [2.75, 3.05) is 0 Å². The minimum absolute atomic E-state index is 0.0869. The summed E-state index contributed by atoms with van der Waals surface area (Å²) in [5, 5.41) is 3.53. The van der Waals surface area contributed by atoms with E-state index < -0.39 is 0 Å². The minimum atomic E-state index is -0.147. The zero-order valence-electron chi connectivity index (χ0n) is 11.5. The lowest BCUT2D eigenvalue weighted by molar-refractivity contribution is -0.120. The second-order valence-electron chi connectivity index (χ2n) is 6.20. The molecule has 0 bridgehead atoms. The van der Waals surface area contributed by atoms with E-state index in [0.29, 0.717) is 12.0 Å². The smallest absolute Gasteiger partial charge is 0.234 e. The molecule has 1 atom stereocenters. The molecule has 2 rings (SSSR count). The molecule has 0 aromatic heterocycles. The summed E-state index contributed by atoms with van der Waals surface area (Å²) in [6.45, 7) is 0. The van der Waals surface area contributed by atoms with Crippen LogP contribution in [0.25, 0.3) is 0 Å². The normalized spacial score (nSPS) is 24.9. The molecule has 2 aliphatic rings. The molecule has 0 spiro atoms. The Labute approximate surface area is 111 Å². The minimum Gasteiger partial charge on any atom is -0.368 e. The highest BCUT2D eigenvalue weighted by molar-refractivity contribution is 5.79. The Bertz CT molecular complexity index is 235. The molecule has 3 nitrogen and oxygen atoms in total. The molecule has 3 heteroatoms. The van der Waals surface area contributed by atoms with E-state index in [1.807, 2.05) is 0 Å². The molecule has 0 aromatic carbocycles. The maximum Gasteiger partial charge on any atom is 0.234 e. The van der Waals surface area contributed by atoms with Gasteiger partial charge < -0.3 is 11.1 Å². The van der Waals surface area contributed by atoms with Gasteiger partial charge in [0.25, 0.3) is 0 Å². The third-order valence-corrected chi connectivity index (χ3v) is 4.68. The summed E-state index contributed by atoms with van der Waals surface area (Å²) in [7, 11) is 0. The molecule has 0 saturated heterocycles. The average Bonchev–Trinajstić information content (AvgIpc) is 2.40. The van der Waals surface area contributed by atoms with Gasteiger partial charge in [0.05, 0.1) is 6.04 Å². The Kier molecular flexibility index (Phi) is 5.48. The van der Waals surface area contributed by atoms with Crippen molar-refractivity contribution < 1.29 is 4.79 Å². The van der Waals surface area contributed by atoms with Crippen LogP contribution in [0, 0.1) is 5.92 Å². The fourth-order valence-electron chi connectivity index (χ4n) is 3.58. The van der Waals surface area contributed by atoms with Crippen LogP contribution in [0.1, 0.15) is 70.6 Å². The van der Waals surface area contributed by atoms with Gasteiger partial charge in [-0.3, -0.25) is 4.79 Å². The molecule has 3 N–H and O–H groups in total. The Hall–Kier alpha value is -0.570. The third kappa shape index (κ3) is 4.27. The lowest BCUT2D eigenvalue weighted by Crippen LogP contribution is -2.48. The third-order valence-electron chi connectivity index (χ3n) is 4.68. The number of nitrogens with one attached hydrogen (secondary N) is 1. The number of primary amides is 1. The van der Waals surface area contributed by atoms with Crippen molar-refractivity contribution in [1.29, 1.82) is 0 Å². The van der Waals surface area contributed by atoms with E-state index in [-0.39, 0.29) is 11.9 Å². The van der Waals surface area contributed by atoms with Gasteiger partial charge in [0.1, 0.15) is 0 Å². The van der Waals surface area contributed by atoms with Crippen molar-refractivity contribution in [2.24, 2.45) is 11.7 Å². The van der Waals surface area contributed by atoms with Gasteiger partial charge in [-0.1, -0.05) is 51.4 Å². The summed E-state index contributed by atoms with van der Waals surface area (Å²) < 4.78 is 0. The summed E-state index contributed by atoms with van der Waals surface area (Å²) in [5.74, 6) is 0.568. The molecule has 2 saturated carbocycles. The first-order valence-corrected chi connectivity index (χ1v) is 7.81. The number of carbonyl (C=O) groups excluding carboxylic acids is 1. The first-order valence-electron chi connectivity index (χ1n) is 7.81. The van der Waals surface area contributed by atoms with E-state index in [9.17, 15) is 4.79 Å². The van der Waals surface area contributed by atoms with E-state index in [2.05, 4.69) is 5.32 Å². The molecule has 18 heavy (non-hydrogen) atoms. The first-order chi connectivity index (χ1) is 8.75. The van der Waals surface area contributed by atoms with Gasteiger partial charge in [-0.25, -0.2) is 0 Å². The van der Waals surface area contributed by atoms with Crippen LogP contribution in [0.5, 0.6) is 0 Å². The Balaban J connectivity index is 1.80. The molecule has 0 heterocycles. The van der Waals surface area contributed by atoms with E-state index in [4.69, 9.17) is 5.73 Å². The second kappa shape index (κ2) is 7.13. The molecule has 1 amide bonds. The van der Waals surface area contributed by atoms with Crippen LogP contribution in [0.3, 0.4) is 0 Å². The lowest BCUT2D eigenvalue weighted by atomic mass is 9.84. The number of amides is 1. The summed E-state index contributed by atoms with van der Waals surface area (Å²) in [6, 6.07) is 0.441. The van der Waals surface area contributed by atoms with Crippen LogP contribution in [0.2, 0.25) is 0 Å². The summed E-state index contributed by atoms with van der Waals surface area (Å²) in [4.78, 5) is 11.6. The molecule has 0 aliphatic heterocycles. The van der Waals surface area contributed by atoms with Gasteiger partial charge in [-0.2, -0.15) is 0 Å². The molecule has 2 aliphatic carbocycles. The first kappa shape index (κ1) is 13.9. The predicted molar refractivity (Wildman–Crippen MR) is 74.2 cm³/mol. The number of nitrogens with two attached hydrogens (primary N) is 1. The SMILES string of the molecule is NC(=O)C(CC1CCCCC1)NC1CCCCC1. The highest BCUT2D eigenvalue weighted by atomic mass is 16.1. The largest absolute Gasteiger partial charge is 0.368 e. The van der Waals surface area contributed by atoms with E-state index in [0.717, 1.165) is 6.42 Å². The number of hydrogen-bond donors (Lipinski definition) is 2. The molecule has 1 unspecified atom stereocenters. The van der Waals surface area contributed by atoms with Crippen molar-refractivity contribution in [2.45, 2.75) is 82.7 Å². The second-order valence-corrected chi connectivity index (χ2v) is 6.20. The molecule has 104 valence electrons. The predicted octanol–water partition coefficient (Wildman–Crippen LogP) is 2.73. The molecule has 2 fully saturated rings. The quantitative estimate of drug-likeness (QED) is 0.790. The van der Waals surface area contributed by atoms with Crippen LogP contribution in [0.15, 0.2) is 0 Å². The van der Waals surface area contributed by atoms with Gasteiger partial charge in [0.15, 0.2) is 0 Å². The lowest BCUT2D eigenvalue weighted by Gasteiger charge is -2.30. The summed E-state index contributed by atoms with van der Waals surface area (Å²) in [6.07, 6.45) is 14.0. The van der Waals surface area contributed by atoms with Crippen LogP contribution >= 0.6 is 0 Å². The van der Waals surface area contributed by atoms with E-state index >= 15 is 0 Å². The van der Waals surface area contributed by atoms with Gasteiger partial charge >= 0.3 is 0 Å². The summed E-state index contributed by atoms with van der Waals surface area (Å²) in [5.41, 5.74) is 5.57. The van der Waals surface area contributed by atoms with Gasteiger partial charge in [-0.05, 0) is 25.2 Å². The average molecular weight is 252 g/mol. The molecular weight excluding hydrogens is 224 g/mol. The topological polar surface area (TPSA) is 55.1 Å². The van der Waals surface area contributed by atoms with E-state index in [1.165, 1.54) is 64.2 Å². The Morgan fingerprint density at radius 2 is 1.56 bits per heavy atom. The molecule has 0 radical (unpaired) electrons. The summed E-state index contributed by atoms with van der Waals surface area (Å²) >= 11 is 0. The standard InChI is InChI=1S/C15H28N2O/c16-15(18)14(11-12-7-3-1-4-8-12)17-13-9-5-2-6-10-13/h12-14,17H,1-11H2,(H2,16,18). The van der Waals surface area contributed by atoms with Gasteiger partial charge in [-0.15, -0.1) is 0 Å². The van der Waals surface area contributed by atoms with Crippen molar-refractivity contribution in [3.63, 3.8) is 0 Å². The number of carbonyl (C=O) groups is 1. The Morgan fingerprint density at radius 1 is 1.00 bits per heavy atom. The highest BCUT2D eigenvalue weighted by Gasteiger charge is 2.25. The number of rotatable bonds is 5. The van der Waals surface area contributed by atoms with Crippen LogP contribution in [-0.4, -0.2) is 18.0 Å². The maximum absolute atomic E-state index is 11.6. The zero-order valence-corrected chi connectivity index (χ0v) is 11.5. The molecular formula is C15H28N2O. The molecule has 0 aromatic rings. The zero-order chi connectivity index (χ0) is 12.8. The van der Waals surface area contributed by atoms with Crippen molar-refractivity contribution in [3.8, 4) is 0 Å². The van der Waals surface area contributed by atoms with Crippen LogP contribution in [0.4, 0.5) is 0 Å². The fourth-order valence-corrected chi connectivity index (χ4v) is 3.58. The van der Waals surface area contributed by atoms with Crippen molar-refractivity contribution >= 4 is 5.91 Å². The number of hydrogen-bond acceptors (Lipinski definition) is 2. The fraction of sp³-hybridized carbons (Fsp3) is 0.933. The van der Waals surface area contributed by atoms with Crippen molar-refractivity contribution in [3.05, 3.63) is 0 Å². The Morgan fingerprint density at radius 3 is 2.11 bits per heavy atom. The maximum atomic E-state index is 11.6. The van der Waals surface area contributed by atoms with Crippen LogP contribution in [-0.2, 0) is 4.79 Å². The van der Waals surface area contributed by atoms with Gasteiger partial charge in [0.2, 0.25) is 5.91 Å². The van der Waals surface area contributed by atoms with Crippen LogP contribution < -0.4 is 11.1 Å². The van der Waals surface area contributed by atoms with Gasteiger partial charge in [0, 0.05) is 6.04 Å². The monoisotopic (exact) mass is 252 g/mol. The highest BCUT2D eigenvalue weighted by Crippen LogP contribution is 2.28. The van der Waals surface area contributed by atoms with E-state index in [1.54, 1.807) is 0 Å².